The van der Waals surface area contributed by atoms with Crippen LogP contribution in [-0.2, 0) is 4.74 Å². The maximum Gasteiger partial charge on any atom is 0.116 e. The number of methoxy groups -OCH3 is 1. The second-order valence-corrected chi connectivity index (χ2v) is 5.11. The van der Waals surface area contributed by atoms with E-state index in [0.717, 1.165) is 6.54 Å². The van der Waals surface area contributed by atoms with Gasteiger partial charge in [0.25, 0.3) is 0 Å². The van der Waals surface area contributed by atoms with Crippen LogP contribution in [0.2, 0.25) is 0 Å². The van der Waals surface area contributed by atoms with E-state index in [1.807, 2.05) is 6.92 Å². The lowest BCUT2D eigenvalue weighted by atomic mass is 10.0. The quantitative estimate of drug-likeness (QED) is 0.701. The molecule has 0 aliphatic rings. The van der Waals surface area contributed by atoms with Crippen molar-refractivity contribution >= 4 is 0 Å². The van der Waals surface area contributed by atoms with Crippen LogP contribution in [0.1, 0.15) is 34.6 Å². The first-order valence-electron chi connectivity index (χ1n) is 6.30. The first kappa shape index (κ1) is 16.4. The van der Waals surface area contributed by atoms with E-state index >= 15 is 0 Å². The molecule has 2 atom stereocenters. The Balaban J connectivity index is 4.56. The van der Waals surface area contributed by atoms with Gasteiger partial charge in [-0.15, -0.1) is 0 Å². The van der Waals surface area contributed by atoms with Gasteiger partial charge in [0.1, 0.15) is 5.54 Å². The van der Waals surface area contributed by atoms with E-state index < -0.39 is 5.54 Å². The van der Waals surface area contributed by atoms with E-state index in [4.69, 9.17) is 4.74 Å². The molecule has 0 amide bonds. The maximum atomic E-state index is 9.32. The Bertz CT molecular complexity index is 250. The molecule has 0 saturated heterocycles. The Kier molecular flexibility index (Phi) is 7.37. The zero-order valence-electron chi connectivity index (χ0n) is 12.1. The predicted molar refractivity (Wildman–Crippen MR) is 70.9 cm³/mol. The summed E-state index contributed by atoms with van der Waals surface area (Å²) in [7, 11) is 1.71. The highest BCUT2D eigenvalue weighted by Crippen LogP contribution is 2.10. The average molecular weight is 241 g/mol. The molecule has 0 aliphatic carbocycles. The van der Waals surface area contributed by atoms with Gasteiger partial charge in [0.15, 0.2) is 0 Å². The van der Waals surface area contributed by atoms with Gasteiger partial charge in [-0.25, -0.2) is 0 Å². The van der Waals surface area contributed by atoms with Crippen LogP contribution < -0.4 is 5.32 Å². The fourth-order valence-electron chi connectivity index (χ4n) is 2.08. The zero-order chi connectivity index (χ0) is 13.5. The van der Waals surface area contributed by atoms with Gasteiger partial charge < -0.3 is 4.74 Å². The number of likely N-dealkylation sites (N-methyl/N-ethyl adjacent to an activating group) is 1. The zero-order valence-corrected chi connectivity index (χ0v) is 12.1. The first-order valence-corrected chi connectivity index (χ1v) is 6.30. The van der Waals surface area contributed by atoms with Gasteiger partial charge in [0.05, 0.1) is 12.7 Å². The van der Waals surface area contributed by atoms with Crippen LogP contribution in [0.4, 0.5) is 0 Å². The van der Waals surface area contributed by atoms with Gasteiger partial charge in [-0.05, 0) is 34.2 Å². The molecule has 100 valence electrons. The van der Waals surface area contributed by atoms with Crippen LogP contribution >= 0.6 is 0 Å². The second-order valence-electron chi connectivity index (χ2n) is 5.11. The van der Waals surface area contributed by atoms with Crippen molar-refractivity contribution < 1.29 is 4.74 Å². The van der Waals surface area contributed by atoms with E-state index in [1.54, 1.807) is 7.11 Å². The molecule has 0 aromatic carbocycles. The molecule has 0 radical (unpaired) electrons. The molecular formula is C13H27N3O. The van der Waals surface area contributed by atoms with Gasteiger partial charge in [0.2, 0.25) is 0 Å². The molecule has 1 N–H and O–H groups in total. The van der Waals surface area contributed by atoms with Crippen molar-refractivity contribution in [3.63, 3.8) is 0 Å². The largest absolute Gasteiger partial charge is 0.383 e. The number of nitrogens with zero attached hydrogens (tertiary/aromatic N) is 2. The Hall–Kier alpha value is -0.630. The third-order valence-electron chi connectivity index (χ3n) is 2.81. The highest BCUT2D eigenvalue weighted by Gasteiger charge is 2.28. The van der Waals surface area contributed by atoms with Crippen molar-refractivity contribution in [3.8, 4) is 6.07 Å². The van der Waals surface area contributed by atoms with Crippen molar-refractivity contribution in [2.75, 3.05) is 26.8 Å². The van der Waals surface area contributed by atoms with Gasteiger partial charge in [-0.2, -0.15) is 5.26 Å². The topological polar surface area (TPSA) is 48.3 Å². The van der Waals surface area contributed by atoms with Crippen molar-refractivity contribution in [3.05, 3.63) is 0 Å². The molecule has 0 heterocycles. The second kappa shape index (κ2) is 7.65. The number of nitriles is 1. The van der Waals surface area contributed by atoms with Crippen LogP contribution in [0.15, 0.2) is 0 Å². The van der Waals surface area contributed by atoms with E-state index in [-0.39, 0.29) is 0 Å². The van der Waals surface area contributed by atoms with Crippen LogP contribution in [0.25, 0.3) is 0 Å². The van der Waals surface area contributed by atoms with E-state index in [0.29, 0.717) is 25.2 Å². The molecule has 4 heteroatoms. The molecular weight excluding hydrogens is 214 g/mol. The van der Waals surface area contributed by atoms with Crippen molar-refractivity contribution in [1.29, 1.82) is 5.26 Å². The smallest absolute Gasteiger partial charge is 0.116 e. The lowest BCUT2D eigenvalue weighted by molar-refractivity contribution is 0.0888. The SMILES string of the molecule is CCN(CC(C)(C#N)NC(C)C)C(C)COC. The summed E-state index contributed by atoms with van der Waals surface area (Å²) in [5.41, 5.74) is -0.508. The lowest BCUT2D eigenvalue weighted by Gasteiger charge is -2.35. The van der Waals surface area contributed by atoms with E-state index in [2.05, 4.69) is 44.0 Å². The Morgan fingerprint density at radius 3 is 2.35 bits per heavy atom. The maximum absolute atomic E-state index is 9.32. The van der Waals surface area contributed by atoms with Crippen LogP contribution in [-0.4, -0.2) is 49.3 Å². The fourth-order valence-corrected chi connectivity index (χ4v) is 2.08. The molecule has 17 heavy (non-hydrogen) atoms. The third kappa shape index (κ3) is 6.02. The Morgan fingerprint density at radius 1 is 1.41 bits per heavy atom. The minimum absolute atomic E-state index is 0.302. The molecule has 0 rings (SSSR count). The van der Waals surface area contributed by atoms with Crippen molar-refractivity contribution in [2.24, 2.45) is 0 Å². The molecule has 2 unspecified atom stereocenters. The molecule has 0 fully saturated rings. The van der Waals surface area contributed by atoms with Crippen molar-refractivity contribution in [2.45, 2.75) is 52.2 Å². The van der Waals surface area contributed by atoms with Gasteiger partial charge >= 0.3 is 0 Å². The Labute approximate surface area is 106 Å². The summed E-state index contributed by atoms with van der Waals surface area (Å²) in [5.74, 6) is 0. The summed E-state index contributed by atoms with van der Waals surface area (Å²) in [6, 6.07) is 3.01. The highest BCUT2D eigenvalue weighted by atomic mass is 16.5. The van der Waals surface area contributed by atoms with Gasteiger partial charge in [0, 0.05) is 25.7 Å². The molecule has 0 aromatic rings. The number of nitrogens with one attached hydrogen (secondary N) is 1. The monoisotopic (exact) mass is 241 g/mol. The standard InChI is InChI=1S/C13H27N3O/c1-7-16(12(4)8-17-6)10-13(5,9-14)15-11(2)3/h11-12,15H,7-8,10H2,1-6H3. The first-order chi connectivity index (χ1) is 7.88. The summed E-state index contributed by atoms with van der Waals surface area (Å²) in [4.78, 5) is 2.27. The van der Waals surface area contributed by atoms with Gasteiger partial charge in [-0.3, -0.25) is 10.2 Å². The Morgan fingerprint density at radius 2 is 2.00 bits per heavy atom. The molecule has 0 saturated carbocycles. The predicted octanol–water partition coefficient (Wildman–Crippen LogP) is 1.62. The lowest BCUT2D eigenvalue weighted by Crippen LogP contribution is -2.55. The summed E-state index contributed by atoms with van der Waals surface area (Å²) in [5, 5.41) is 12.6. The summed E-state index contributed by atoms with van der Waals surface area (Å²) in [6.45, 7) is 12.6. The number of hydrogen-bond donors (Lipinski definition) is 1. The summed E-state index contributed by atoms with van der Waals surface area (Å²) < 4.78 is 5.17. The minimum atomic E-state index is -0.508. The number of ether oxygens (including phenoxy) is 1. The van der Waals surface area contributed by atoms with Gasteiger partial charge in [-0.1, -0.05) is 6.92 Å². The number of rotatable bonds is 8. The molecule has 0 aromatic heterocycles. The van der Waals surface area contributed by atoms with Crippen LogP contribution in [0, 0.1) is 11.3 Å². The summed E-state index contributed by atoms with van der Waals surface area (Å²) in [6.07, 6.45) is 0. The van der Waals surface area contributed by atoms with Crippen LogP contribution in [0.5, 0.6) is 0 Å². The number of hydrogen-bond acceptors (Lipinski definition) is 4. The molecule has 0 bridgehead atoms. The van der Waals surface area contributed by atoms with E-state index in [1.165, 1.54) is 0 Å². The minimum Gasteiger partial charge on any atom is -0.383 e. The normalized spacial score (nSPS) is 16.9. The molecule has 4 nitrogen and oxygen atoms in total. The van der Waals surface area contributed by atoms with E-state index in [9.17, 15) is 5.26 Å². The van der Waals surface area contributed by atoms with Crippen molar-refractivity contribution in [1.82, 2.24) is 10.2 Å². The highest BCUT2D eigenvalue weighted by molar-refractivity contribution is 5.06. The molecule has 0 spiro atoms. The summed E-state index contributed by atoms with van der Waals surface area (Å²) >= 11 is 0. The molecule has 0 aliphatic heterocycles. The fraction of sp³-hybridized carbons (Fsp3) is 0.923. The average Bonchev–Trinajstić information content (AvgIpc) is 2.25. The van der Waals surface area contributed by atoms with Crippen LogP contribution in [0.3, 0.4) is 0 Å². The third-order valence-corrected chi connectivity index (χ3v) is 2.81.